The van der Waals surface area contributed by atoms with Crippen LogP contribution in [-0.4, -0.2) is 48.6 Å². The number of amides is 1. The van der Waals surface area contributed by atoms with E-state index in [0.717, 1.165) is 34.2 Å². The van der Waals surface area contributed by atoms with Gasteiger partial charge in [0.2, 0.25) is 5.91 Å². The maximum atomic E-state index is 12.8. The molecule has 9 nitrogen and oxygen atoms in total. The van der Waals surface area contributed by atoms with Crippen molar-refractivity contribution >= 4 is 34.2 Å². The molecular formula is C21H19N7O2S. The van der Waals surface area contributed by atoms with Crippen molar-refractivity contribution in [1.82, 2.24) is 24.5 Å². The smallest absolute Gasteiger partial charge is 0.267 e. The van der Waals surface area contributed by atoms with E-state index >= 15 is 0 Å². The Bertz CT molecular complexity index is 1250. The van der Waals surface area contributed by atoms with Gasteiger partial charge in [0.15, 0.2) is 11.0 Å². The highest BCUT2D eigenvalue weighted by Crippen LogP contribution is 2.35. The van der Waals surface area contributed by atoms with E-state index in [9.17, 15) is 9.59 Å². The summed E-state index contributed by atoms with van der Waals surface area (Å²) in [5, 5.41) is 14.4. The van der Waals surface area contributed by atoms with E-state index < -0.39 is 6.04 Å². The lowest BCUT2D eigenvalue weighted by molar-refractivity contribution is -0.119. The Hall–Kier alpha value is -3.66. The maximum Gasteiger partial charge on any atom is 0.267 e. The molecule has 1 atom stereocenters. The van der Waals surface area contributed by atoms with Crippen molar-refractivity contribution in [2.45, 2.75) is 13.0 Å². The number of hydrogen-bond donors (Lipinski definition) is 1. The number of amidine groups is 1. The lowest BCUT2D eigenvalue weighted by atomic mass is 10.1. The third-order valence-corrected chi connectivity index (χ3v) is 6.01. The summed E-state index contributed by atoms with van der Waals surface area (Å²) in [4.78, 5) is 31.7. The van der Waals surface area contributed by atoms with Gasteiger partial charge in [0.25, 0.3) is 5.56 Å². The molecule has 1 unspecified atom stereocenters. The van der Waals surface area contributed by atoms with Gasteiger partial charge in [-0.05, 0) is 36.8 Å². The summed E-state index contributed by atoms with van der Waals surface area (Å²) in [5.74, 6) is 0.130. The van der Waals surface area contributed by atoms with Crippen molar-refractivity contribution in [2.24, 2.45) is 4.99 Å². The monoisotopic (exact) mass is 433 g/mol. The number of rotatable bonds is 5. The first kappa shape index (κ1) is 19.3. The number of hydrogen-bond acceptors (Lipinski definition) is 7. The summed E-state index contributed by atoms with van der Waals surface area (Å²) in [6, 6.07) is 11.6. The number of carbonyl (C=O) groups is 1. The number of fused-ring (bicyclic) bond motifs is 1. The van der Waals surface area contributed by atoms with E-state index in [1.807, 2.05) is 24.3 Å². The molecular weight excluding hydrogens is 414 g/mol. The van der Waals surface area contributed by atoms with Gasteiger partial charge in [-0.25, -0.2) is 9.36 Å². The Morgan fingerprint density at radius 2 is 2.03 bits per heavy atom. The van der Waals surface area contributed by atoms with Gasteiger partial charge < -0.3 is 10.2 Å². The zero-order chi connectivity index (χ0) is 21.4. The molecule has 3 aromatic rings. The van der Waals surface area contributed by atoms with Crippen molar-refractivity contribution in [1.29, 1.82) is 0 Å². The van der Waals surface area contributed by atoms with E-state index in [0.29, 0.717) is 11.5 Å². The lowest BCUT2D eigenvalue weighted by Crippen LogP contribution is -2.33. The molecule has 1 N–H and O–H groups in total. The van der Waals surface area contributed by atoms with Crippen LogP contribution in [-0.2, 0) is 4.79 Å². The molecule has 156 valence electrons. The number of benzene rings is 1. The van der Waals surface area contributed by atoms with Crippen LogP contribution in [0.15, 0.2) is 70.1 Å². The molecule has 0 spiro atoms. The average Bonchev–Trinajstić information content (AvgIpc) is 3.53. The normalized spacial score (nSPS) is 16.0. The fourth-order valence-electron chi connectivity index (χ4n) is 3.45. The number of nitrogens with zero attached hydrogens (tertiary/aromatic N) is 6. The number of aromatic nitrogens is 4. The fourth-order valence-corrected chi connectivity index (χ4v) is 4.41. The zero-order valence-corrected chi connectivity index (χ0v) is 17.5. The van der Waals surface area contributed by atoms with E-state index in [-0.39, 0.29) is 11.5 Å². The molecule has 2 aromatic heterocycles. The highest BCUT2D eigenvalue weighted by atomic mass is 32.2. The first-order valence-corrected chi connectivity index (χ1v) is 10.7. The van der Waals surface area contributed by atoms with E-state index in [4.69, 9.17) is 0 Å². The van der Waals surface area contributed by atoms with Crippen LogP contribution < -0.4 is 10.9 Å². The van der Waals surface area contributed by atoms with Crippen molar-refractivity contribution in [3.05, 3.63) is 76.2 Å². The topological polar surface area (TPSA) is 97.4 Å². The Kier molecular flexibility index (Phi) is 4.91. The van der Waals surface area contributed by atoms with Crippen LogP contribution in [0.3, 0.4) is 0 Å². The Labute approximate surface area is 182 Å². The minimum absolute atomic E-state index is 0.329. The first-order chi connectivity index (χ1) is 15.1. The van der Waals surface area contributed by atoms with Crippen LogP contribution in [0.2, 0.25) is 0 Å². The molecule has 4 heterocycles. The minimum atomic E-state index is -0.792. The summed E-state index contributed by atoms with van der Waals surface area (Å²) >= 11 is 1.63. The predicted octanol–water partition coefficient (Wildman–Crippen LogP) is 2.35. The van der Waals surface area contributed by atoms with Gasteiger partial charge in [0.05, 0.1) is 12.2 Å². The fraction of sp³-hybridized carbons (Fsp3) is 0.190. The van der Waals surface area contributed by atoms with E-state index in [1.165, 1.54) is 10.7 Å². The third kappa shape index (κ3) is 3.66. The predicted molar refractivity (Wildman–Crippen MR) is 120 cm³/mol. The average molecular weight is 433 g/mol. The van der Waals surface area contributed by atoms with Gasteiger partial charge in [-0.15, -0.1) is 5.10 Å². The Balaban J connectivity index is 1.31. The summed E-state index contributed by atoms with van der Waals surface area (Å²) in [6.07, 6.45) is 3.34. The van der Waals surface area contributed by atoms with Gasteiger partial charge in [0.1, 0.15) is 6.04 Å². The van der Waals surface area contributed by atoms with E-state index in [1.54, 1.807) is 43.2 Å². The molecule has 0 aliphatic carbocycles. The molecule has 2 aliphatic rings. The molecule has 2 aliphatic heterocycles. The molecule has 5 rings (SSSR count). The van der Waals surface area contributed by atoms with Crippen LogP contribution in [0, 0.1) is 0 Å². The zero-order valence-electron chi connectivity index (χ0n) is 16.7. The highest BCUT2D eigenvalue weighted by Gasteiger charge is 2.27. The standard InChI is InChI=1S/C21H19N7O2S/c1-14(28-19(29)8-7-18(25-28)27-11-2-9-23-27)20(30)24-16-5-3-15(4-6-16)17-13-31-21-22-10-12-26(17)21/h2-9,11,13-14H,10,12H2,1H3,(H,24,30). The summed E-state index contributed by atoms with van der Waals surface area (Å²) < 4.78 is 2.70. The van der Waals surface area contributed by atoms with Gasteiger partial charge >= 0.3 is 0 Å². The van der Waals surface area contributed by atoms with Gasteiger partial charge in [-0.1, -0.05) is 23.9 Å². The van der Waals surface area contributed by atoms with Gasteiger partial charge in [0, 0.05) is 36.1 Å². The van der Waals surface area contributed by atoms with Gasteiger partial charge in [-0.2, -0.15) is 5.10 Å². The number of aliphatic imine (C=N–C) groups is 1. The second-order valence-electron chi connectivity index (χ2n) is 7.10. The minimum Gasteiger partial charge on any atom is -0.324 e. The van der Waals surface area contributed by atoms with Crippen LogP contribution in [0.5, 0.6) is 0 Å². The number of carbonyl (C=O) groups excluding carboxylic acids is 1. The highest BCUT2D eigenvalue weighted by molar-refractivity contribution is 8.16. The molecule has 10 heteroatoms. The van der Waals surface area contributed by atoms with Crippen LogP contribution >= 0.6 is 11.8 Å². The molecule has 1 amide bonds. The second-order valence-corrected chi connectivity index (χ2v) is 7.94. The molecule has 0 saturated carbocycles. The van der Waals surface area contributed by atoms with Gasteiger partial charge in [-0.3, -0.25) is 14.6 Å². The molecule has 0 saturated heterocycles. The van der Waals surface area contributed by atoms with Crippen LogP contribution in [0.1, 0.15) is 18.5 Å². The largest absolute Gasteiger partial charge is 0.324 e. The molecule has 1 aromatic carbocycles. The molecule has 0 bridgehead atoms. The number of thioether (sulfide) groups is 1. The Morgan fingerprint density at radius 1 is 1.19 bits per heavy atom. The number of nitrogens with one attached hydrogen (secondary N) is 1. The van der Waals surface area contributed by atoms with Crippen LogP contribution in [0.25, 0.3) is 11.5 Å². The van der Waals surface area contributed by atoms with Crippen molar-refractivity contribution in [3.63, 3.8) is 0 Å². The molecule has 0 radical (unpaired) electrons. The number of anilines is 1. The SMILES string of the molecule is CC(C(=O)Nc1ccc(C2=CSC3=NCCN23)cc1)n1nc(-n2cccn2)ccc1=O. The Morgan fingerprint density at radius 3 is 2.81 bits per heavy atom. The van der Waals surface area contributed by atoms with Crippen molar-refractivity contribution in [2.75, 3.05) is 18.4 Å². The van der Waals surface area contributed by atoms with Crippen molar-refractivity contribution < 1.29 is 4.79 Å². The summed E-state index contributed by atoms with van der Waals surface area (Å²) in [6.45, 7) is 3.35. The lowest BCUT2D eigenvalue weighted by Gasteiger charge is -2.17. The summed E-state index contributed by atoms with van der Waals surface area (Å²) in [7, 11) is 0. The first-order valence-electron chi connectivity index (χ1n) is 9.80. The van der Waals surface area contributed by atoms with Crippen molar-refractivity contribution in [3.8, 4) is 5.82 Å². The third-order valence-electron chi connectivity index (χ3n) is 5.11. The van der Waals surface area contributed by atoms with E-state index in [2.05, 4.69) is 30.8 Å². The summed E-state index contributed by atoms with van der Waals surface area (Å²) in [5.41, 5.74) is 2.48. The second kappa shape index (κ2) is 7.88. The quantitative estimate of drug-likeness (QED) is 0.663. The molecule has 31 heavy (non-hydrogen) atoms. The molecule has 0 fully saturated rings. The maximum absolute atomic E-state index is 12.8. The van der Waals surface area contributed by atoms with Crippen LogP contribution in [0.4, 0.5) is 5.69 Å².